The van der Waals surface area contributed by atoms with Crippen LogP contribution in [0.4, 0.5) is 5.69 Å². The number of carbonyl (C=O) groups excluding carboxylic acids is 1. The van der Waals surface area contributed by atoms with Gasteiger partial charge in [0.2, 0.25) is 5.91 Å². The molecule has 1 amide bonds. The quantitative estimate of drug-likeness (QED) is 0.854. The van der Waals surface area contributed by atoms with Crippen molar-refractivity contribution < 1.29 is 4.79 Å². The molecule has 0 aromatic heterocycles. The molecule has 0 radical (unpaired) electrons. The Morgan fingerprint density at radius 3 is 2.43 bits per heavy atom. The van der Waals surface area contributed by atoms with Crippen molar-refractivity contribution in [1.29, 1.82) is 0 Å². The van der Waals surface area contributed by atoms with Gasteiger partial charge in [-0.25, -0.2) is 0 Å². The molecule has 0 aliphatic heterocycles. The number of nitrogens with one attached hydrogen (secondary N) is 2. The molecule has 0 saturated carbocycles. The molecule has 0 saturated heterocycles. The van der Waals surface area contributed by atoms with Crippen molar-refractivity contribution in [3.63, 3.8) is 0 Å². The number of hydrogen-bond acceptors (Lipinski definition) is 2. The van der Waals surface area contributed by atoms with Crippen LogP contribution in [0.3, 0.4) is 0 Å². The lowest BCUT2D eigenvalue weighted by molar-refractivity contribution is -0.119. The molecule has 0 spiro atoms. The van der Waals surface area contributed by atoms with Crippen molar-refractivity contribution in [1.82, 2.24) is 5.32 Å². The molecule has 2 aromatic rings. The Labute approximate surface area is 126 Å². The highest BCUT2D eigenvalue weighted by molar-refractivity contribution is 5.80. The number of aryl methyl sites for hydroxylation is 1. The third-order valence-electron chi connectivity index (χ3n) is 3.42. The van der Waals surface area contributed by atoms with E-state index in [0.29, 0.717) is 6.54 Å². The second kappa shape index (κ2) is 7.48. The average Bonchev–Trinajstić information content (AvgIpc) is 2.48. The van der Waals surface area contributed by atoms with Crippen LogP contribution >= 0.6 is 0 Å². The van der Waals surface area contributed by atoms with Gasteiger partial charge in [0.25, 0.3) is 0 Å². The van der Waals surface area contributed by atoms with Crippen molar-refractivity contribution in [2.45, 2.75) is 26.3 Å². The number of carbonyl (C=O) groups is 1. The van der Waals surface area contributed by atoms with Gasteiger partial charge < -0.3 is 10.6 Å². The number of benzene rings is 2. The molecular formula is C18H22N2O. The normalized spacial score (nSPS) is 11.7. The van der Waals surface area contributed by atoms with Gasteiger partial charge in [-0.2, -0.15) is 0 Å². The van der Waals surface area contributed by atoms with Crippen LogP contribution in [0, 0.1) is 6.92 Å². The van der Waals surface area contributed by atoms with E-state index in [1.54, 1.807) is 0 Å². The smallest absolute Gasteiger partial charge is 0.239 e. The van der Waals surface area contributed by atoms with Gasteiger partial charge in [0.05, 0.1) is 6.54 Å². The Hall–Kier alpha value is -2.29. The third kappa shape index (κ3) is 4.95. The highest BCUT2D eigenvalue weighted by Crippen LogP contribution is 2.09. The summed E-state index contributed by atoms with van der Waals surface area (Å²) in [6.07, 6.45) is 0.851. The van der Waals surface area contributed by atoms with Crippen LogP contribution < -0.4 is 10.6 Å². The summed E-state index contributed by atoms with van der Waals surface area (Å²) in [7, 11) is 0. The minimum absolute atomic E-state index is 0.0138. The van der Waals surface area contributed by atoms with Crippen LogP contribution in [0.2, 0.25) is 0 Å². The summed E-state index contributed by atoms with van der Waals surface area (Å²) < 4.78 is 0. The first-order valence-electron chi connectivity index (χ1n) is 7.28. The van der Waals surface area contributed by atoms with Crippen molar-refractivity contribution in [2.75, 3.05) is 11.9 Å². The van der Waals surface area contributed by atoms with Gasteiger partial charge in [-0.3, -0.25) is 4.79 Å². The van der Waals surface area contributed by atoms with Gasteiger partial charge in [0.15, 0.2) is 0 Å². The van der Waals surface area contributed by atoms with Crippen molar-refractivity contribution >= 4 is 11.6 Å². The molecular weight excluding hydrogens is 260 g/mol. The summed E-state index contributed by atoms with van der Waals surface area (Å²) in [5.41, 5.74) is 3.50. The molecule has 1 atom stereocenters. The lowest BCUT2D eigenvalue weighted by Gasteiger charge is -2.16. The molecule has 0 fully saturated rings. The molecule has 2 aromatic carbocycles. The van der Waals surface area contributed by atoms with E-state index in [4.69, 9.17) is 0 Å². The largest absolute Gasteiger partial charge is 0.376 e. The van der Waals surface area contributed by atoms with E-state index in [-0.39, 0.29) is 11.9 Å². The summed E-state index contributed by atoms with van der Waals surface area (Å²) >= 11 is 0. The van der Waals surface area contributed by atoms with Crippen LogP contribution in [0.25, 0.3) is 0 Å². The van der Waals surface area contributed by atoms with E-state index in [9.17, 15) is 4.79 Å². The van der Waals surface area contributed by atoms with E-state index < -0.39 is 0 Å². The molecule has 0 bridgehead atoms. The zero-order chi connectivity index (χ0) is 15.1. The summed E-state index contributed by atoms with van der Waals surface area (Å²) in [6.45, 7) is 4.43. The highest BCUT2D eigenvalue weighted by atomic mass is 16.1. The Morgan fingerprint density at radius 1 is 1.05 bits per heavy atom. The van der Waals surface area contributed by atoms with E-state index in [0.717, 1.165) is 12.1 Å². The molecule has 21 heavy (non-hydrogen) atoms. The zero-order valence-electron chi connectivity index (χ0n) is 12.6. The molecule has 0 aliphatic carbocycles. The van der Waals surface area contributed by atoms with Gasteiger partial charge in [-0.1, -0.05) is 42.5 Å². The molecule has 1 unspecified atom stereocenters. The molecule has 0 heterocycles. The molecule has 3 heteroatoms. The first kappa shape index (κ1) is 15.1. The zero-order valence-corrected chi connectivity index (χ0v) is 12.6. The topological polar surface area (TPSA) is 41.1 Å². The molecule has 0 aliphatic rings. The molecule has 110 valence electrons. The monoisotopic (exact) mass is 282 g/mol. The average molecular weight is 282 g/mol. The predicted octanol–water partition coefficient (Wildman–Crippen LogP) is 3.15. The van der Waals surface area contributed by atoms with Crippen LogP contribution in [0.5, 0.6) is 0 Å². The number of anilines is 1. The van der Waals surface area contributed by atoms with E-state index in [1.165, 1.54) is 11.1 Å². The maximum absolute atomic E-state index is 11.9. The van der Waals surface area contributed by atoms with Gasteiger partial charge in [-0.05, 0) is 43.5 Å². The number of rotatable bonds is 6. The van der Waals surface area contributed by atoms with E-state index in [1.807, 2.05) is 49.4 Å². The molecule has 3 nitrogen and oxygen atoms in total. The summed E-state index contributed by atoms with van der Waals surface area (Å²) in [5.74, 6) is 0.0138. The van der Waals surface area contributed by atoms with Crippen LogP contribution in [0.15, 0.2) is 54.6 Å². The second-order valence-electron chi connectivity index (χ2n) is 5.32. The minimum atomic E-state index is 0.0138. The summed E-state index contributed by atoms with van der Waals surface area (Å²) in [4.78, 5) is 11.9. The summed E-state index contributed by atoms with van der Waals surface area (Å²) in [5, 5.41) is 6.14. The number of amides is 1. The Bertz CT molecular complexity index is 581. The van der Waals surface area contributed by atoms with Crippen LogP contribution in [-0.2, 0) is 11.2 Å². The van der Waals surface area contributed by atoms with Crippen molar-refractivity contribution in [3.8, 4) is 0 Å². The maximum atomic E-state index is 11.9. The predicted molar refractivity (Wildman–Crippen MR) is 87.4 cm³/mol. The second-order valence-corrected chi connectivity index (χ2v) is 5.32. The van der Waals surface area contributed by atoms with Crippen LogP contribution in [-0.4, -0.2) is 18.5 Å². The number of para-hydroxylation sites is 1. The minimum Gasteiger partial charge on any atom is -0.376 e. The Balaban J connectivity index is 1.78. The maximum Gasteiger partial charge on any atom is 0.239 e. The standard InChI is InChI=1S/C18H22N2O/c1-14-8-6-7-9-16(14)12-15(2)20-18(21)13-19-17-10-4-3-5-11-17/h3-11,15,19H,12-13H2,1-2H3,(H,20,21). The fraction of sp³-hybridized carbons (Fsp3) is 0.278. The first-order chi connectivity index (χ1) is 10.1. The summed E-state index contributed by atoms with van der Waals surface area (Å²) in [6, 6.07) is 18.1. The fourth-order valence-electron chi connectivity index (χ4n) is 2.28. The number of hydrogen-bond donors (Lipinski definition) is 2. The van der Waals surface area contributed by atoms with E-state index in [2.05, 4.69) is 29.7 Å². The Morgan fingerprint density at radius 2 is 1.71 bits per heavy atom. The Kier molecular flexibility index (Phi) is 5.38. The SMILES string of the molecule is Cc1ccccc1CC(C)NC(=O)CNc1ccccc1. The lowest BCUT2D eigenvalue weighted by Crippen LogP contribution is -2.37. The highest BCUT2D eigenvalue weighted by Gasteiger charge is 2.09. The van der Waals surface area contributed by atoms with Gasteiger partial charge in [0.1, 0.15) is 0 Å². The van der Waals surface area contributed by atoms with E-state index >= 15 is 0 Å². The van der Waals surface area contributed by atoms with Crippen LogP contribution in [0.1, 0.15) is 18.1 Å². The van der Waals surface area contributed by atoms with Crippen molar-refractivity contribution in [3.05, 3.63) is 65.7 Å². The molecule has 2 rings (SSSR count). The van der Waals surface area contributed by atoms with Gasteiger partial charge >= 0.3 is 0 Å². The third-order valence-corrected chi connectivity index (χ3v) is 3.42. The lowest BCUT2D eigenvalue weighted by atomic mass is 10.0. The van der Waals surface area contributed by atoms with Gasteiger partial charge in [0, 0.05) is 11.7 Å². The molecule has 2 N–H and O–H groups in total. The van der Waals surface area contributed by atoms with Crippen molar-refractivity contribution in [2.24, 2.45) is 0 Å². The fourth-order valence-corrected chi connectivity index (χ4v) is 2.28. The van der Waals surface area contributed by atoms with Gasteiger partial charge in [-0.15, -0.1) is 0 Å². The first-order valence-corrected chi connectivity index (χ1v) is 7.28.